The summed E-state index contributed by atoms with van der Waals surface area (Å²) in [5, 5.41) is 8.48. The first-order valence-electron chi connectivity index (χ1n) is 9.98. The minimum absolute atomic E-state index is 0.0215. The van der Waals surface area contributed by atoms with E-state index >= 15 is 0 Å². The minimum Gasteiger partial charge on any atom is -0.495 e. The van der Waals surface area contributed by atoms with E-state index in [0.717, 1.165) is 37.7 Å². The Hall–Kier alpha value is -2.00. The Morgan fingerprint density at radius 3 is 2.72 bits per heavy atom. The van der Waals surface area contributed by atoms with Crippen LogP contribution in [0.5, 0.6) is 5.75 Å². The molecule has 1 saturated carbocycles. The lowest BCUT2D eigenvalue weighted by molar-refractivity contribution is 0.125. The van der Waals surface area contributed by atoms with Gasteiger partial charge in [-0.05, 0) is 42.4 Å². The predicted molar refractivity (Wildman–Crippen MR) is 106 cm³/mol. The van der Waals surface area contributed by atoms with Gasteiger partial charge in [0.1, 0.15) is 28.6 Å². The van der Waals surface area contributed by atoms with Crippen LogP contribution in [0, 0.1) is 17.2 Å². The number of aromatic nitrogens is 3. The molecule has 4 rings (SSSR count). The van der Waals surface area contributed by atoms with E-state index in [4.69, 9.17) is 4.74 Å². The number of halogens is 1. The molecule has 2 aliphatic rings. The van der Waals surface area contributed by atoms with Gasteiger partial charge in [-0.3, -0.25) is 0 Å². The van der Waals surface area contributed by atoms with Crippen LogP contribution in [0.2, 0.25) is 0 Å². The first-order valence-corrected chi connectivity index (χ1v) is 11.4. The fourth-order valence-electron chi connectivity index (χ4n) is 4.66. The Labute approximate surface area is 170 Å². The highest BCUT2D eigenvalue weighted by atomic mass is 32.2. The van der Waals surface area contributed by atoms with Crippen LogP contribution in [0.15, 0.2) is 29.4 Å². The highest BCUT2D eigenvalue weighted by molar-refractivity contribution is 7.89. The second kappa shape index (κ2) is 7.36. The molecule has 9 heteroatoms. The molecule has 1 aromatic carbocycles. The van der Waals surface area contributed by atoms with Crippen molar-refractivity contribution in [2.75, 3.05) is 20.2 Å². The Bertz CT molecular complexity index is 1000. The number of sulfonamides is 1. The monoisotopic (exact) mass is 422 g/mol. The lowest BCUT2D eigenvalue weighted by Crippen LogP contribution is -2.38. The molecule has 7 nitrogen and oxygen atoms in total. The van der Waals surface area contributed by atoms with Gasteiger partial charge in [-0.2, -0.15) is 4.31 Å². The van der Waals surface area contributed by atoms with E-state index in [2.05, 4.69) is 24.0 Å². The molecule has 1 aromatic heterocycles. The van der Waals surface area contributed by atoms with Gasteiger partial charge < -0.3 is 9.30 Å². The largest absolute Gasteiger partial charge is 0.495 e. The zero-order valence-electron chi connectivity index (χ0n) is 17.0. The zero-order valence-corrected chi connectivity index (χ0v) is 17.8. The molecule has 0 N–H and O–H groups in total. The SMILES string of the molecule is COc1ccc(F)cc1S(=O)(=O)N1CC(c2nncn2CC(C)C)C2(CCC2)C1. The van der Waals surface area contributed by atoms with Crippen molar-refractivity contribution in [3.05, 3.63) is 36.2 Å². The summed E-state index contributed by atoms with van der Waals surface area (Å²) in [6, 6.07) is 3.59. The van der Waals surface area contributed by atoms with E-state index in [0.29, 0.717) is 19.0 Å². The van der Waals surface area contributed by atoms with E-state index in [-0.39, 0.29) is 22.0 Å². The lowest BCUT2D eigenvalue weighted by Gasteiger charge is -2.42. The van der Waals surface area contributed by atoms with Gasteiger partial charge in [0.2, 0.25) is 10.0 Å². The molecule has 0 radical (unpaired) electrons. The molecule has 29 heavy (non-hydrogen) atoms. The van der Waals surface area contributed by atoms with Crippen LogP contribution in [0.4, 0.5) is 4.39 Å². The molecule has 1 unspecified atom stereocenters. The summed E-state index contributed by atoms with van der Waals surface area (Å²) in [6.45, 7) is 5.78. The standard InChI is InChI=1S/C20H27FN4O3S/c1-14(2)10-24-13-22-23-19(24)16-11-25(12-20(16)7-4-8-20)29(26,27)18-9-15(21)5-6-17(18)28-3/h5-6,9,13-14,16H,4,7-8,10-12H2,1-3H3. The van der Waals surface area contributed by atoms with Crippen LogP contribution < -0.4 is 4.74 Å². The maximum absolute atomic E-state index is 13.8. The fourth-order valence-corrected chi connectivity index (χ4v) is 6.38. The van der Waals surface area contributed by atoms with Crippen LogP contribution >= 0.6 is 0 Å². The Morgan fingerprint density at radius 2 is 2.10 bits per heavy atom. The van der Waals surface area contributed by atoms with Crippen molar-refractivity contribution < 1.29 is 17.5 Å². The quantitative estimate of drug-likeness (QED) is 0.715. The predicted octanol–water partition coefficient (Wildman–Crippen LogP) is 3.04. The molecule has 1 spiro atoms. The van der Waals surface area contributed by atoms with Crippen LogP contribution in [0.1, 0.15) is 44.9 Å². The Morgan fingerprint density at radius 1 is 1.34 bits per heavy atom. The Balaban J connectivity index is 1.70. The third-order valence-electron chi connectivity index (χ3n) is 6.23. The summed E-state index contributed by atoms with van der Waals surface area (Å²) in [5.41, 5.74) is -0.130. The summed E-state index contributed by atoms with van der Waals surface area (Å²) >= 11 is 0. The number of benzene rings is 1. The summed E-state index contributed by atoms with van der Waals surface area (Å²) < 4.78 is 49.4. The molecule has 1 aliphatic carbocycles. The average molecular weight is 423 g/mol. The normalized spacial score (nSPS) is 21.6. The maximum atomic E-state index is 13.8. The Kier molecular flexibility index (Phi) is 5.14. The van der Waals surface area contributed by atoms with Crippen molar-refractivity contribution in [3.63, 3.8) is 0 Å². The fraction of sp³-hybridized carbons (Fsp3) is 0.600. The summed E-state index contributed by atoms with van der Waals surface area (Å²) in [7, 11) is -2.51. The first-order chi connectivity index (χ1) is 13.8. The van der Waals surface area contributed by atoms with Gasteiger partial charge >= 0.3 is 0 Å². The van der Waals surface area contributed by atoms with E-state index in [1.807, 2.05) is 4.57 Å². The van der Waals surface area contributed by atoms with Crippen molar-refractivity contribution in [2.45, 2.75) is 50.5 Å². The number of ether oxygens (including phenoxy) is 1. The third-order valence-corrected chi connectivity index (χ3v) is 8.06. The second-order valence-electron chi connectivity index (χ2n) is 8.60. The molecule has 158 valence electrons. The summed E-state index contributed by atoms with van der Waals surface area (Å²) in [4.78, 5) is -0.126. The van der Waals surface area contributed by atoms with Gasteiger partial charge in [0.05, 0.1) is 7.11 Å². The molecule has 0 bridgehead atoms. The topological polar surface area (TPSA) is 77.3 Å². The molecular formula is C20H27FN4O3S. The van der Waals surface area contributed by atoms with Crippen molar-refractivity contribution in [2.24, 2.45) is 11.3 Å². The molecular weight excluding hydrogens is 395 g/mol. The van der Waals surface area contributed by atoms with Gasteiger partial charge in [0.25, 0.3) is 0 Å². The zero-order chi connectivity index (χ0) is 20.8. The number of methoxy groups -OCH3 is 1. The number of hydrogen-bond acceptors (Lipinski definition) is 5. The molecule has 1 atom stereocenters. The first kappa shape index (κ1) is 20.3. The van der Waals surface area contributed by atoms with Gasteiger partial charge in [-0.1, -0.05) is 20.3 Å². The van der Waals surface area contributed by atoms with Crippen molar-refractivity contribution in [3.8, 4) is 5.75 Å². The summed E-state index contributed by atoms with van der Waals surface area (Å²) in [6.07, 6.45) is 4.72. The highest BCUT2D eigenvalue weighted by Gasteiger charge is 2.55. The van der Waals surface area contributed by atoms with Gasteiger partial charge in [0.15, 0.2) is 0 Å². The molecule has 2 aromatic rings. The molecule has 2 heterocycles. The van der Waals surface area contributed by atoms with Gasteiger partial charge in [0, 0.05) is 25.6 Å². The smallest absolute Gasteiger partial charge is 0.246 e. The van der Waals surface area contributed by atoms with E-state index in [1.54, 1.807) is 6.33 Å². The van der Waals surface area contributed by atoms with Crippen molar-refractivity contribution in [1.29, 1.82) is 0 Å². The van der Waals surface area contributed by atoms with Gasteiger partial charge in [-0.25, -0.2) is 12.8 Å². The molecule has 2 fully saturated rings. The molecule has 0 amide bonds. The minimum atomic E-state index is -3.90. The maximum Gasteiger partial charge on any atom is 0.246 e. The van der Waals surface area contributed by atoms with Crippen LogP contribution in [-0.4, -0.2) is 47.7 Å². The number of hydrogen-bond donors (Lipinski definition) is 0. The van der Waals surface area contributed by atoms with Crippen LogP contribution in [-0.2, 0) is 16.6 Å². The van der Waals surface area contributed by atoms with Crippen LogP contribution in [0.25, 0.3) is 0 Å². The van der Waals surface area contributed by atoms with E-state index in [9.17, 15) is 12.8 Å². The second-order valence-corrected chi connectivity index (χ2v) is 10.5. The van der Waals surface area contributed by atoms with E-state index in [1.165, 1.54) is 23.5 Å². The summed E-state index contributed by atoms with van der Waals surface area (Å²) in [5.74, 6) is 0.810. The van der Waals surface area contributed by atoms with Crippen molar-refractivity contribution >= 4 is 10.0 Å². The number of rotatable bonds is 6. The highest BCUT2D eigenvalue weighted by Crippen LogP contribution is 2.56. The average Bonchev–Trinajstić information content (AvgIpc) is 3.25. The molecule has 1 saturated heterocycles. The van der Waals surface area contributed by atoms with Crippen LogP contribution in [0.3, 0.4) is 0 Å². The number of nitrogens with zero attached hydrogens (tertiary/aromatic N) is 4. The molecule has 1 aliphatic heterocycles. The lowest BCUT2D eigenvalue weighted by atomic mass is 9.62. The van der Waals surface area contributed by atoms with Gasteiger partial charge in [-0.15, -0.1) is 10.2 Å². The van der Waals surface area contributed by atoms with Crippen molar-refractivity contribution in [1.82, 2.24) is 19.1 Å². The third kappa shape index (κ3) is 3.44. The van der Waals surface area contributed by atoms with E-state index < -0.39 is 15.8 Å².